The number of hydrogen-bond acceptors (Lipinski definition) is 8. The van der Waals surface area contributed by atoms with Crippen LogP contribution in [0.15, 0.2) is 82.8 Å². The summed E-state index contributed by atoms with van der Waals surface area (Å²) >= 11 is 1.50. The number of nitrogens with one attached hydrogen (secondary N) is 1. The SMILES string of the molecule is CC(=O)[N+]1(c2ccc(-c3nc(-c4ccc(NC(=O)[C@@H]5C=CCN5C(=O)c5ccno5)cc4)cs3)cc2)CCC[C@H]1C(N)=O. The van der Waals surface area contributed by atoms with Gasteiger partial charge in [0.05, 0.1) is 25.4 Å². The molecule has 0 bridgehead atoms. The number of nitrogens with two attached hydrogens (primary N) is 1. The van der Waals surface area contributed by atoms with E-state index in [9.17, 15) is 19.2 Å². The second kappa shape index (κ2) is 11.4. The van der Waals surface area contributed by atoms with Gasteiger partial charge in [-0.2, -0.15) is 0 Å². The van der Waals surface area contributed by atoms with Gasteiger partial charge in [0, 0.05) is 59.8 Å². The van der Waals surface area contributed by atoms with Crippen LogP contribution in [0, 0.1) is 0 Å². The van der Waals surface area contributed by atoms with Crippen molar-refractivity contribution in [2.45, 2.75) is 31.8 Å². The standard InChI is InChI=1S/C31H28N6O5S/c1-19(38)37(17-3-5-26(37)28(32)39)23-12-8-21(9-13-23)30-35-24(18-43-30)20-6-10-22(11-7-20)34-29(40)25-4-2-16-36(25)31(41)27-14-15-33-42-27/h2,4,6-15,18,25-26H,3,5,16-17H2,1H3,(H2-,32,34,39,40)/p+1/t25-,26-,37?/m0/s1. The second-order valence-electron chi connectivity index (χ2n) is 10.5. The number of carbonyl (C=O) groups is 4. The molecule has 2 aliphatic rings. The Bertz CT molecular complexity index is 1710. The van der Waals surface area contributed by atoms with Crippen LogP contribution in [0.3, 0.4) is 0 Å². The summed E-state index contributed by atoms with van der Waals surface area (Å²) in [6.45, 7) is 2.37. The van der Waals surface area contributed by atoms with Gasteiger partial charge in [0.15, 0.2) is 6.04 Å². The normalized spacial score (nSPS) is 21.2. The van der Waals surface area contributed by atoms with Gasteiger partial charge in [-0.15, -0.1) is 11.3 Å². The Morgan fingerprint density at radius 1 is 1.05 bits per heavy atom. The highest BCUT2D eigenvalue weighted by molar-refractivity contribution is 7.13. The highest BCUT2D eigenvalue weighted by Crippen LogP contribution is 2.37. The lowest BCUT2D eigenvalue weighted by atomic mass is 10.1. The number of anilines is 1. The number of aromatic nitrogens is 2. The second-order valence-corrected chi connectivity index (χ2v) is 11.4. The van der Waals surface area contributed by atoms with Crippen LogP contribution in [0.25, 0.3) is 21.8 Å². The summed E-state index contributed by atoms with van der Waals surface area (Å²) in [7, 11) is 0. The van der Waals surface area contributed by atoms with Crippen molar-refractivity contribution in [3.05, 3.63) is 84.1 Å². The summed E-state index contributed by atoms with van der Waals surface area (Å²) in [5.74, 6) is -1.21. The van der Waals surface area contributed by atoms with Crippen molar-refractivity contribution < 1.29 is 23.7 Å². The van der Waals surface area contributed by atoms with E-state index in [2.05, 4.69) is 10.5 Å². The van der Waals surface area contributed by atoms with Crippen LogP contribution in [0.4, 0.5) is 11.4 Å². The van der Waals surface area contributed by atoms with Gasteiger partial charge in [-0.1, -0.05) is 29.4 Å². The minimum atomic E-state index is -0.760. The highest BCUT2D eigenvalue weighted by atomic mass is 32.1. The van der Waals surface area contributed by atoms with Gasteiger partial charge < -0.3 is 20.5 Å². The third-order valence-corrected chi connectivity index (χ3v) is 8.96. The summed E-state index contributed by atoms with van der Waals surface area (Å²) in [6, 6.07) is 15.1. The van der Waals surface area contributed by atoms with Gasteiger partial charge in [0.25, 0.3) is 17.7 Å². The molecule has 218 valence electrons. The molecular formula is C31H29N6O5S+. The molecule has 4 aromatic rings. The van der Waals surface area contributed by atoms with Crippen molar-refractivity contribution in [3.8, 4) is 21.8 Å². The number of rotatable bonds is 7. The monoisotopic (exact) mass is 597 g/mol. The van der Waals surface area contributed by atoms with Crippen molar-refractivity contribution in [2.75, 3.05) is 18.4 Å². The largest absolute Gasteiger partial charge is 0.364 e. The molecule has 1 saturated heterocycles. The molecule has 1 fully saturated rings. The minimum absolute atomic E-state index is 0.0472. The van der Waals surface area contributed by atoms with Gasteiger partial charge in [-0.3, -0.25) is 14.4 Å². The fourth-order valence-electron chi connectivity index (χ4n) is 5.91. The summed E-state index contributed by atoms with van der Waals surface area (Å²) in [6.07, 6.45) is 6.18. The lowest BCUT2D eigenvalue weighted by molar-refractivity contribution is -0.134. The van der Waals surface area contributed by atoms with Gasteiger partial charge in [-0.05, 0) is 24.3 Å². The molecule has 3 atom stereocenters. The van der Waals surface area contributed by atoms with Crippen LogP contribution in [0.1, 0.15) is 30.3 Å². The van der Waals surface area contributed by atoms with Crippen LogP contribution in [-0.4, -0.2) is 63.8 Å². The van der Waals surface area contributed by atoms with Crippen LogP contribution < -0.4 is 15.5 Å². The van der Waals surface area contributed by atoms with E-state index >= 15 is 0 Å². The third-order valence-electron chi connectivity index (χ3n) is 8.07. The Hall–Kier alpha value is -4.94. The van der Waals surface area contributed by atoms with E-state index in [1.807, 2.05) is 41.8 Å². The molecule has 4 heterocycles. The fraction of sp³-hybridized carbons (Fsp3) is 0.226. The molecule has 0 spiro atoms. The van der Waals surface area contributed by atoms with E-state index in [0.717, 1.165) is 33.9 Å². The Kier molecular flexibility index (Phi) is 7.46. The molecule has 12 heteroatoms. The molecule has 0 radical (unpaired) electrons. The Balaban J connectivity index is 1.13. The maximum atomic E-state index is 13.0. The maximum absolute atomic E-state index is 13.0. The molecule has 3 N–H and O–H groups in total. The molecule has 2 aromatic carbocycles. The predicted molar refractivity (Wildman–Crippen MR) is 162 cm³/mol. The molecule has 0 aliphatic carbocycles. The summed E-state index contributed by atoms with van der Waals surface area (Å²) < 4.78 is 4.91. The van der Waals surface area contributed by atoms with Gasteiger partial charge in [0.2, 0.25) is 5.76 Å². The van der Waals surface area contributed by atoms with E-state index in [1.165, 1.54) is 35.4 Å². The minimum Gasteiger partial charge on any atom is -0.364 e. The topological polar surface area (TPSA) is 148 Å². The first-order chi connectivity index (χ1) is 20.8. The van der Waals surface area contributed by atoms with Crippen molar-refractivity contribution in [1.82, 2.24) is 19.5 Å². The van der Waals surface area contributed by atoms with Gasteiger partial charge in [0.1, 0.15) is 16.7 Å². The molecule has 2 aliphatic heterocycles. The Labute approximate surface area is 251 Å². The number of benzene rings is 2. The number of nitrogens with zero attached hydrogens (tertiary/aromatic N) is 4. The molecule has 1 unspecified atom stereocenters. The molecule has 2 aromatic heterocycles. The Morgan fingerprint density at radius 2 is 1.79 bits per heavy atom. The van der Waals surface area contributed by atoms with Crippen molar-refractivity contribution in [3.63, 3.8) is 0 Å². The average molecular weight is 598 g/mol. The quantitative estimate of drug-likeness (QED) is 0.242. The maximum Gasteiger partial charge on any atom is 0.316 e. The number of likely N-dealkylation sites (tertiary alicyclic amines) is 1. The first kappa shape index (κ1) is 28.2. The van der Waals surface area contributed by atoms with E-state index in [-0.39, 0.29) is 22.1 Å². The molecule has 0 saturated carbocycles. The molecule has 11 nitrogen and oxygen atoms in total. The van der Waals surface area contributed by atoms with Crippen molar-refractivity contribution in [1.29, 1.82) is 0 Å². The smallest absolute Gasteiger partial charge is 0.316 e. The lowest BCUT2D eigenvalue weighted by Gasteiger charge is -2.34. The molecule has 43 heavy (non-hydrogen) atoms. The average Bonchev–Trinajstić information content (AvgIpc) is 3.83. The predicted octanol–water partition coefficient (Wildman–Crippen LogP) is 3.99. The number of thiazole rings is 1. The van der Waals surface area contributed by atoms with E-state index in [4.69, 9.17) is 15.2 Å². The summed E-state index contributed by atoms with van der Waals surface area (Å²) in [4.78, 5) is 56.7. The summed E-state index contributed by atoms with van der Waals surface area (Å²) in [5.41, 5.74) is 9.57. The van der Waals surface area contributed by atoms with E-state index in [0.29, 0.717) is 25.2 Å². The fourth-order valence-corrected chi connectivity index (χ4v) is 6.75. The van der Waals surface area contributed by atoms with Crippen molar-refractivity contribution >= 4 is 46.3 Å². The lowest BCUT2D eigenvalue weighted by Crippen LogP contribution is -2.60. The van der Waals surface area contributed by atoms with E-state index in [1.54, 1.807) is 24.3 Å². The zero-order valence-electron chi connectivity index (χ0n) is 23.3. The van der Waals surface area contributed by atoms with Crippen LogP contribution in [0.2, 0.25) is 0 Å². The van der Waals surface area contributed by atoms with Gasteiger partial charge >= 0.3 is 5.91 Å². The third kappa shape index (κ3) is 5.15. The van der Waals surface area contributed by atoms with Crippen LogP contribution >= 0.6 is 11.3 Å². The molecule has 4 amide bonds. The van der Waals surface area contributed by atoms with E-state index < -0.39 is 23.9 Å². The van der Waals surface area contributed by atoms with Gasteiger partial charge in [-0.25, -0.2) is 14.3 Å². The first-order valence-corrected chi connectivity index (χ1v) is 14.7. The zero-order chi connectivity index (χ0) is 30.1. The van der Waals surface area contributed by atoms with Crippen LogP contribution in [-0.2, 0) is 14.4 Å². The zero-order valence-corrected chi connectivity index (χ0v) is 24.1. The highest BCUT2D eigenvalue weighted by Gasteiger charge is 2.51. The first-order valence-electron chi connectivity index (χ1n) is 13.8. The van der Waals surface area contributed by atoms with Crippen LogP contribution in [0.5, 0.6) is 0 Å². The summed E-state index contributed by atoms with van der Waals surface area (Å²) in [5, 5.41) is 9.20. The number of amides is 4. The Morgan fingerprint density at radius 3 is 2.47 bits per heavy atom. The molecular weight excluding hydrogens is 568 g/mol. The number of primary amides is 1. The number of carbonyl (C=O) groups excluding carboxylic acids is 4. The molecule has 6 rings (SSSR count). The number of hydrogen-bond donors (Lipinski definition) is 2. The number of quaternary nitrogens is 1. The van der Waals surface area contributed by atoms with Crippen molar-refractivity contribution in [2.24, 2.45) is 5.73 Å².